The molecule has 0 saturated heterocycles. The number of carboxylic acids is 1. The van der Waals surface area contributed by atoms with Crippen LogP contribution in [0.25, 0.3) is 11.3 Å². The van der Waals surface area contributed by atoms with Crippen molar-refractivity contribution in [1.82, 2.24) is 9.97 Å². The smallest absolute Gasteiger partial charge is 0.303 e. The molecule has 0 aliphatic rings. The van der Waals surface area contributed by atoms with Crippen molar-refractivity contribution in [2.75, 3.05) is 0 Å². The number of benzene rings is 1. The molecule has 20 heavy (non-hydrogen) atoms. The number of carbonyl (C=O) groups is 1. The molecule has 0 aliphatic carbocycles. The first kappa shape index (κ1) is 14.1. The summed E-state index contributed by atoms with van der Waals surface area (Å²) in [5.74, 6) is -0.542. The van der Waals surface area contributed by atoms with Crippen LogP contribution in [0.5, 0.6) is 0 Å². The standard InChI is InChI=1S/C15H15FN2O2/c1-9-7-11(3-5-13(9)16)15-12(4-6-14(19)20)8-17-10(2)18-15/h3,5,7-8H,4,6H2,1-2H3,(H,19,20). The summed E-state index contributed by atoms with van der Waals surface area (Å²) in [5, 5.41) is 8.78. The molecule has 0 aliphatic heterocycles. The van der Waals surface area contributed by atoms with Crippen molar-refractivity contribution in [2.24, 2.45) is 0 Å². The van der Waals surface area contributed by atoms with Crippen LogP contribution in [0.15, 0.2) is 24.4 Å². The van der Waals surface area contributed by atoms with Crippen LogP contribution in [0, 0.1) is 19.7 Å². The van der Waals surface area contributed by atoms with E-state index in [-0.39, 0.29) is 12.2 Å². The van der Waals surface area contributed by atoms with E-state index in [1.165, 1.54) is 6.07 Å². The molecule has 4 nitrogen and oxygen atoms in total. The molecule has 0 radical (unpaired) electrons. The number of carboxylic acid groups (broad SMARTS) is 1. The number of aromatic nitrogens is 2. The Balaban J connectivity index is 2.44. The Morgan fingerprint density at radius 2 is 2.10 bits per heavy atom. The summed E-state index contributed by atoms with van der Waals surface area (Å²) in [7, 11) is 0. The highest BCUT2D eigenvalue weighted by Gasteiger charge is 2.11. The average molecular weight is 274 g/mol. The van der Waals surface area contributed by atoms with Crippen molar-refractivity contribution >= 4 is 5.97 Å². The normalized spacial score (nSPS) is 10.6. The van der Waals surface area contributed by atoms with Crippen LogP contribution in [0.4, 0.5) is 4.39 Å². The third-order valence-corrected chi connectivity index (χ3v) is 3.02. The van der Waals surface area contributed by atoms with Gasteiger partial charge in [-0.3, -0.25) is 4.79 Å². The molecule has 104 valence electrons. The van der Waals surface area contributed by atoms with Gasteiger partial charge in [0.15, 0.2) is 0 Å². The van der Waals surface area contributed by atoms with Gasteiger partial charge in [0.25, 0.3) is 0 Å². The molecule has 0 bridgehead atoms. The molecule has 1 N–H and O–H groups in total. The highest BCUT2D eigenvalue weighted by Crippen LogP contribution is 2.24. The van der Waals surface area contributed by atoms with Crippen LogP contribution in [0.3, 0.4) is 0 Å². The molecule has 1 aromatic carbocycles. The second kappa shape index (κ2) is 5.77. The minimum atomic E-state index is -0.869. The molecular weight excluding hydrogens is 259 g/mol. The highest BCUT2D eigenvalue weighted by molar-refractivity contribution is 5.69. The van der Waals surface area contributed by atoms with Crippen LogP contribution in [0.2, 0.25) is 0 Å². The second-order valence-corrected chi connectivity index (χ2v) is 4.65. The zero-order chi connectivity index (χ0) is 14.7. The van der Waals surface area contributed by atoms with Gasteiger partial charge in [-0.25, -0.2) is 14.4 Å². The Morgan fingerprint density at radius 3 is 2.75 bits per heavy atom. The van der Waals surface area contributed by atoms with Gasteiger partial charge in [0.2, 0.25) is 0 Å². The number of aryl methyl sites for hydroxylation is 3. The number of hydrogen-bond acceptors (Lipinski definition) is 3. The first-order valence-corrected chi connectivity index (χ1v) is 6.28. The highest BCUT2D eigenvalue weighted by atomic mass is 19.1. The fraction of sp³-hybridized carbons (Fsp3) is 0.267. The number of nitrogens with zero attached hydrogens (tertiary/aromatic N) is 2. The van der Waals surface area contributed by atoms with Gasteiger partial charge >= 0.3 is 5.97 Å². The quantitative estimate of drug-likeness (QED) is 0.931. The Hall–Kier alpha value is -2.30. The molecule has 0 amide bonds. The molecular formula is C15H15FN2O2. The number of rotatable bonds is 4. The predicted molar refractivity (Wildman–Crippen MR) is 72.9 cm³/mol. The van der Waals surface area contributed by atoms with Crippen LogP contribution in [-0.2, 0) is 11.2 Å². The van der Waals surface area contributed by atoms with E-state index >= 15 is 0 Å². The Bertz CT molecular complexity index is 656. The third kappa shape index (κ3) is 3.17. The zero-order valence-corrected chi connectivity index (χ0v) is 11.4. The number of aliphatic carboxylic acids is 1. The van der Waals surface area contributed by atoms with Crippen molar-refractivity contribution in [3.05, 3.63) is 47.2 Å². The summed E-state index contributed by atoms with van der Waals surface area (Å²) >= 11 is 0. The molecule has 0 unspecified atom stereocenters. The van der Waals surface area contributed by atoms with E-state index in [1.807, 2.05) is 0 Å². The van der Waals surface area contributed by atoms with Gasteiger partial charge in [-0.1, -0.05) is 0 Å². The number of hydrogen-bond donors (Lipinski definition) is 1. The van der Waals surface area contributed by atoms with E-state index in [9.17, 15) is 9.18 Å². The van der Waals surface area contributed by atoms with Crippen LogP contribution in [-0.4, -0.2) is 21.0 Å². The van der Waals surface area contributed by atoms with E-state index in [4.69, 9.17) is 5.11 Å². The van der Waals surface area contributed by atoms with Crippen molar-refractivity contribution in [1.29, 1.82) is 0 Å². The van der Waals surface area contributed by atoms with Crippen molar-refractivity contribution in [3.63, 3.8) is 0 Å². The van der Waals surface area contributed by atoms with E-state index in [0.29, 0.717) is 23.5 Å². The predicted octanol–water partition coefficient (Wildman–Crippen LogP) is 2.92. The van der Waals surface area contributed by atoms with Crippen LogP contribution < -0.4 is 0 Å². The third-order valence-electron chi connectivity index (χ3n) is 3.02. The molecule has 1 heterocycles. The summed E-state index contributed by atoms with van der Waals surface area (Å²) in [4.78, 5) is 19.2. The van der Waals surface area contributed by atoms with Gasteiger partial charge in [0.1, 0.15) is 11.6 Å². The maximum atomic E-state index is 13.3. The SMILES string of the molecule is Cc1ncc(CCC(=O)O)c(-c2ccc(F)c(C)c2)n1. The maximum absolute atomic E-state index is 13.3. The van der Waals surface area contributed by atoms with Gasteiger partial charge in [0.05, 0.1) is 5.69 Å². The monoisotopic (exact) mass is 274 g/mol. The summed E-state index contributed by atoms with van der Waals surface area (Å²) < 4.78 is 13.3. The molecule has 0 saturated carbocycles. The van der Waals surface area contributed by atoms with E-state index in [1.54, 1.807) is 32.2 Å². The minimum absolute atomic E-state index is 0.0135. The van der Waals surface area contributed by atoms with Crippen LogP contribution in [0.1, 0.15) is 23.4 Å². The average Bonchev–Trinajstić information content (AvgIpc) is 2.40. The van der Waals surface area contributed by atoms with E-state index in [2.05, 4.69) is 9.97 Å². The Morgan fingerprint density at radius 1 is 1.35 bits per heavy atom. The Labute approximate surface area is 116 Å². The molecule has 2 aromatic rings. The van der Waals surface area contributed by atoms with Gasteiger partial charge in [-0.05, 0) is 49.6 Å². The molecule has 0 spiro atoms. The lowest BCUT2D eigenvalue weighted by molar-refractivity contribution is -0.136. The fourth-order valence-corrected chi connectivity index (χ4v) is 1.96. The first-order valence-electron chi connectivity index (χ1n) is 6.28. The van der Waals surface area contributed by atoms with Gasteiger partial charge in [-0.2, -0.15) is 0 Å². The molecule has 1 aromatic heterocycles. The lowest BCUT2D eigenvalue weighted by Crippen LogP contribution is -2.03. The van der Waals surface area contributed by atoms with Crippen LogP contribution >= 0.6 is 0 Å². The second-order valence-electron chi connectivity index (χ2n) is 4.65. The lowest BCUT2D eigenvalue weighted by atomic mass is 10.0. The van der Waals surface area contributed by atoms with Gasteiger partial charge in [-0.15, -0.1) is 0 Å². The van der Waals surface area contributed by atoms with Crippen molar-refractivity contribution < 1.29 is 14.3 Å². The summed E-state index contributed by atoms with van der Waals surface area (Å²) in [6.45, 7) is 3.45. The zero-order valence-electron chi connectivity index (χ0n) is 11.4. The lowest BCUT2D eigenvalue weighted by Gasteiger charge is -2.09. The number of halogens is 1. The minimum Gasteiger partial charge on any atom is -0.481 e. The Kier molecular flexibility index (Phi) is 4.08. The maximum Gasteiger partial charge on any atom is 0.303 e. The fourth-order valence-electron chi connectivity index (χ4n) is 1.96. The van der Waals surface area contributed by atoms with Crippen molar-refractivity contribution in [2.45, 2.75) is 26.7 Å². The van der Waals surface area contributed by atoms with Gasteiger partial charge < -0.3 is 5.11 Å². The summed E-state index contributed by atoms with van der Waals surface area (Å²) in [6, 6.07) is 4.75. The topological polar surface area (TPSA) is 63.1 Å². The largest absolute Gasteiger partial charge is 0.481 e. The molecule has 0 fully saturated rings. The molecule has 0 atom stereocenters. The molecule has 2 rings (SSSR count). The summed E-state index contributed by atoms with van der Waals surface area (Å²) in [6.07, 6.45) is 2.00. The first-order chi connectivity index (χ1) is 9.47. The van der Waals surface area contributed by atoms with Crippen molar-refractivity contribution in [3.8, 4) is 11.3 Å². The van der Waals surface area contributed by atoms with E-state index < -0.39 is 5.97 Å². The van der Waals surface area contributed by atoms with E-state index in [0.717, 1.165) is 11.1 Å². The summed E-state index contributed by atoms with van der Waals surface area (Å²) in [5.41, 5.74) is 2.73. The van der Waals surface area contributed by atoms with Gasteiger partial charge in [0, 0.05) is 18.2 Å². The molecule has 5 heteroatoms.